The molecule has 3 atom stereocenters. The summed E-state index contributed by atoms with van der Waals surface area (Å²) in [5.41, 5.74) is 3.97. The fourth-order valence-electron chi connectivity index (χ4n) is 7.48. The van der Waals surface area contributed by atoms with E-state index in [1.165, 1.54) is 23.3 Å². The van der Waals surface area contributed by atoms with Crippen LogP contribution in [0.5, 0.6) is 11.5 Å². The second-order valence-electron chi connectivity index (χ2n) is 12.8. The van der Waals surface area contributed by atoms with Crippen molar-refractivity contribution in [1.82, 2.24) is 0 Å². The number of rotatable bonds is 6. The Bertz CT molecular complexity index is 1430. The first-order valence-corrected chi connectivity index (χ1v) is 14.2. The fourth-order valence-corrected chi connectivity index (χ4v) is 7.48. The smallest absolute Gasteiger partial charge is 0.131 e. The van der Waals surface area contributed by atoms with Gasteiger partial charge in [0.15, 0.2) is 0 Å². The van der Waals surface area contributed by atoms with Crippen molar-refractivity contribution in [2.24, 2.45) is 5.41 Å². The lowest BCUT2D eigenvalue weighted by Crippen LogP contribution is -2.25. The Hall–Kier alpha value is -2.92. The van der Waals surface area contributed by atoms with Crippen molar-refractivity contribution in [3.8, 4) is 22.6 Å². The van der Waals surface area contributed by atoms with E-state index in [-0.39, 0.29) is 23.4 Å². The second-order valence-corrected chi connectivity index (χ2v) is 12.8. The quantitative estimate of drug-likeness (QED) is 0.347. The SMILES string of the molecule is COc1ccc(F)c(-c2cc(F)c(COc3ccc4c(c3)[C@]3(CCC4)CC3(C)O)cc2[C@@H]2CCCC2(C)C)c1. The maximum absolute atomic E-state index is 15.7. The maximum atomic E-state index is 15.7. The summed E-state index contributed by atoms with van der Waals surface area (Å²) in [6.45, 7) is 6.48. The van der Waals surface area contributed by atoms with E-state index in [0.29, 0.717) is 28.2 Å². The third kappa shape index (κ3) is 4.43. The van der Waals surface area contributed by atoms with Crippen molar-refractivity contribution in [2.45, 2.75) is 89.3 Å². The molecule has 3 nitrogen and oxygen atoms in total. The zero-order valence-corrected chi connectivity index (χ0v) is 23.4. The largest absolute Gasteiger partial charge is 0.497 e. The Labute approximate surface area is 230 Å². The molecule has 0 amide bonds. The molecule has 0 saturated heterocycles. The molecule has 3 aromatic carbocycles. The van der Waals surface area contributed by atoms with Gasteiger partial charge in [0.25, 0.3) is 0 Å². The molecule has 0 heterocycles. The lowest BCUT2D eigenvalue weighted by Gasteiger charge is -2.30. The van der Waals surface area contributed by atoms with Crippen LogP contribution in [0.1, 0.15) is 87.5 Å². The highest BCUT2D eigenvalue weighted by molar-refractivity contribution is 5.71. The van der Waals surface area contributed by atoms with E-state index in [9.17, 15) is 5.11 Å². The first-order chi connectivity index (χ1) is 18.5. The lowest BCUT2D eigenvalue weighted by molar-refractivity contribution is 0.135. The topological polar surface area (TPSA) is 38.7 Å². The zero-order valence-electron chi connectivity index (χ0n) is 23.4. The van der Waals surface area contributed by atoms with Gasteiger partial charge < -0.3 is 14.6 Å². The Kier molecular flexibility index (Phi) is 6.29. The molecular formula is C34H38F2O3. The molecule has 3 aliphatic rings. The van der Waals surface area contributed by atoms with E-state index in [1.807, 2.05) is 19.1 Å². The second kappa shape index (κ2) is 9.33. The molecule has 3 aliphatic carbocycles. The first kappa shape index (κ1) is 26.3. The molecule has 1 unspecified atom stereocenters. The predicted molar refractivity (Wildman–Crippen MR) is 149 cm³/mol. The van der Waals surface area contributed by atoms with Gasteiger partial charge in [0.2, 0.25) is 0 Å². The van der Waals surface area contributed by atoms with Gasteiger partial charge in [-0.2, -0.15) is 0 Å². The molecule has 2 fully saturated rings. The minimum atomic E-state index is -0.679. The molecule has 1 spiro atoms. The number of aliphatic hydroxyl groups is 1. The summed E-state index contributed by atoms with van der Waals surface area (Å²) in [5.74, 6) is 0.596. The molecule has 5 heteroatoms. The van der Waals surface area contributed by atoms with E-state index in [2.05, 4.69) is 26.0 Å². The summed E-state index contributed by atoms with van der Waals surface area (Å²) in [5, 5.41) is 10.8. The van der Waals surface area contributed by atoms with Crippen molar-refractivity contribution in [3.05, 3.63) is 82.4 Å². The number of benzene rings is 3. The fraction of sp³-hybridized carbons (Fsp3) is 0.471. The molecule has 6 rings (SSSR count). The molecule has 0 aromatic heterocycles. The number of halogens is 2. The molecule has 39 heavy (non-hydrogen) atoms. The molecular weight excluding hydrogens is 494 g/mol. The van der Waals surface area contributed by atoms with Crippen LogP contribution in [0.25, 0.3) is 11.1 Å². The average molecular weight is 533 g/mol. The average Bonchev–Trinajstić information content (AvgIpc) is 3.26. The number of hydrogen-bond donors (Lipinski definition) is 1. The third-order valence-electron chi connectivity index (χ3n) is 9.91. The zero-order chi connectivity index (χ0) is 27.6. The monoisotopic (exact) mass is 532 g/mol. The summed E-state index contributed by atoms with van der Waals surface area (Å²) in [6.07, 6.45) is 6.97. The van der Waals surface area contributed by atoms with Crippen LogP contribution in [-0.2, 0) is 18.4 Å². The van der Waals surface area contributed by atoms with Crippen molar-refractivity contribution >= 4 is 0 Å². The van der Waals surface area contributed by atoms with Crippen molar-refractivity contribution in [3.63, 3.8) is 0 Å². The Morgan fingerprint density at radius 1 is 0.897 bits per heavy atom. The molecule has 1 N–H and O–H groups in total. The molecule has 0 bridgehead atoms. The number of fused-ring (bicyclic) bond motifs is 2. The van der Waals surface area contributed by atoms with E-state index < -0.39 is 17.2 Å². The highest BCUT2D eigenvalue weighted by atomic mass is 19.1. The summed E-state index contributed by atoms with van der Waals surface area (Å²) in [7, 11) is 1.55. The van der Waals surface area contributed by atoms with Crippen LogP contribution < -0.4 is 9.47 Å². The normalized spacial score (nSPS) is 26.9. The highest BCUT2D eigenvalue weighted by Crippen LogP contribution is 2.63. The third-order valence-corrected chi connectivity index (χ3v) is 9.91. The summed E-state index contributed by atoms with van der Waals surface area (Å²) in [6, 6.07) is 14.1. The lowest BCUT2D eigenvalue weighted by atomic mass is 9.75. The van der Waals surface area contributed by atoms with Crippen LogP contribution in [-0.4, -0.2) is 17.8 Å². The maximum Gasteiger partial charge on any atom is 0.131 e. The van der Waals surface area contributed by atoms with Crippen LogP contribution in [0, 0.1) is 17.0 Å². The first-order valence-electron chi connectivity index (χ1n) is 14.2. The Balaban J connectivity index is 1.35. The van der Waals surface area contributed by atoms with Gasteiger partial charge >= 0.3 is 0 Å². The predicted octanol–water partition coefficient (Wildman–Crippen LogP) is 8.24. The van der Waals surface area contributed by atoms with Gasteiger partial charge in [-0.25, -0.2) is 8.78 Å². The molecule has 206 valence electrons. The van der Waals surface area contributed by atoms with Crippen LogP contribution >= 0.6 is 0 Å². The molecule has 0 aliphatic heterocycles. The minimum absolute atomic E-state index is 0.0219. The van der Waals surface area contributed by atoms with Crippen LogP contribution in [0.3, 0.4) is 0 Å². The van der Waals surface area contributed by atoms with Gasteiger partial charge in [0.05, 0.1) is 12.7 Å². The van der Waals surface area contributed by atoms with Gasteiger partial charge in [-0.15, -0.1) is 0 Å². The van der Waals surface area contributed by atoms with Crippen LogP contribution in [0.15, 0.2) is 48.5 Å². The highest BCUT2D eigenvalue weighted by Gasteiger charge is 2.65. The van der Waals surface area contributed by atoms with Gasteiger partial charge in [-0.05, 0) is 121 Å². The summed E-state index contributed by atoms with van der Waals surface area (Å²) in [4.78, 5) is 0. The van der Waals surface area contributed by atoms with Gasteiger partial charge in [0, 0.05) is 16.5 Å². The van der Waals surface area contributed by atoms with Crippen LogP contribution in [0.4, 0.5) is 8.78 Å². The molecule has 0 radical (unpaired) electrons. The van der Waals surface area contributed by atoms with Crippen LogP contribution in [0.2, 0.25) is 0 Å². The Morgan fingerprint density at radius 2 is 1.67 bits per heavy atom. The van der Waals surface area contributed by atoms with E-state index in [0.717, 1.165) is 50.5 Å². The molecule has 2 saturated carbocycles. The van der Waals surface area contributed by atoms with E-state index in [1.54, 1.807) is 19.2 Å². The summed E-state index contributed by atoms with van der Waals surface area (Å²) >= 11 is 0. The van der Waals surface area contributed by atoms with Crippen molar-refractivity contribution in [2.75, 3.05) is 7.11 Å². The minimum Gasteiger partial charge on any atom is -0.497 e. The van der Waals surface area contributed by atoms with Crippen molar-refractivity contribution < 1.29 is 23.4 Å². The van der Waals surface area contributed by atoms with Gasteiger partial charge in [0.1, 0.15) is 29.7 Å². The number of ether oxygens (including phenoxy) is 2. The Morgan fingerprint density at radius 3 is 2.36 bits per heavy atom. The number of aryl methyl sites for hydroxylation is 1. The standard InChI is InChI=1S/C34H38F2O3/c1-32(2)13-6-8-28(32)26-15-22(31(36)18-25(26)27-16-23(38-4)11-12-30(27)35)19-39-24-10-9-21-7-5-14-34(29(21)17-24)20-33(34,3)37/h9-12,15-18,28,37H,5-8,13-14,19-20H2,1-4H3/t28-,33?,34-/m0/s1. The van der Waals surface area contributed by atoms with Gasteiger partial charge in [-0.1, -0.05) is 26.3 Å². The summed E-state index contributed by atoms with van der Waals surface area (Å²) < 4.78 is 42.3. The molecule has 3 aromatic rings. The van der Waals surface area contributed by atoms with E-state index in [4.69, 9.17) is 9.47 Å². The van der Waals surface area contributed by atoms with Crippen molar-refractivity contribution in [1.29, 1.82) is 0 Å². The number of hydrogen-bond acceptors (Lipinski definition) is 3. The van der Waals surface area contributed by atoms with E-state index >= 15 is 8.78 Å². The number of methoxy groups -OCH3 is 1. The van der Waals surface area contributed by atoms with Gasteiger partial charge in [-0.3, -0.25) is 0 Å².